The van der Waals surface area contributed by atoms with Crippen molar-refractivity contribution in [1.29, 1.82) is 0 Å². The highest BCUT2D eigenvalue weighted by Crippen LogP contribution is 2.31. The van der Waals surface area contributed by atoms with Gasteiger partial charge in [-0.2, -0.15) is 0 Å². The number of nitrogens with zero attached hydrogens (tertiary/aromatic N) is 1. The molecular weight excluding hydrogens is 338 g/mol. The van der Waals surface area contributed by atoms with Crippen molar-refractivity contribution in [2.45, 2.75) is 0 Å². The van der Waals surface area contributed by atoms with Crippen molar-refractivity contribution in [1.82, 2.24) is 4.98 Å². The molecule has 0 saturated carbocycles. The molecule has 1 heterocycles. The molecule has 0 spiro atoms. The van der Waals surface area contributed by atoms with E-state index >= 15 is 0 Å². The van der Waals surface area contributed by atoms with E-state index < -0.39 is 0 Å². The third kappa shape index (κ3) is 2.74. The molecule has 1 aromatic carbocycles. The molecule has 16 heavy (non-hydrogen) atoms. The minimum absolute atomic E-state index is 0.205. The highest BCUT2D eigenvalue weighted by molar-refractivity contribution is 9.10. The molecule has 0 aliphatic rings. The van der Waals surface area contributed by atoms with Crippen molar-refractivity contribution in [2.24, 2.45) is 0 Å². The first-order valence-electron chi connectivity index (χ1n) is 4.41. The monoisotopic (exact) mass is 342 g/mol. The van der Waals surface area contributed by atoms with Gasteiger partial charge in [0.1, 0.15) is 5.75 Å². The Kier molecular flexibility index (Phi) is 3.46. The van der Waals surface area contributed by atoms with Crippen molar-refractivity contribution >= 4 is 31.9 Å². The maximum atomic E-state index is 11.4. The lowest BCUT2D eigenvalue weighted by Crippen LogP contribution is -1.86. The van der Waals surface area contributed by atoms with Gasteiger partial charge in [-0.1, -0.05) is 15.9 Å². The lowest BCUT2D eigenvalue weighted by atomic mass is 10.3. The number of pyridine rings is 1. The van der Waals surface area contributed by atoms with Gasteiger partial charge in [-0.15, -0.1) is 0 Å². The number of aromatic nitrogens is 1. The van der Waals surface area contributed by atoms with E-state index in [2.05, 4.69) is 36.8 Å². The number of ether oxygens (including phenoxy) is 1. The zero-order chi connectivity index (χ0) is 11.5. The maximum Gasteiger partial charge on any atom is 0.312 e. The Morgan fingerprint density at radius 1 is 1.06 bits per heavy atom. The predicted octanol–water partition coefficient (Wildman–Crippen LogP) is 4.54. The summed E-state index contributed by atoms with van der Waals surface area (Å²) in [5.41, 5.74) is 0. The largest absolute Gasteiger partial charge is 0.451 e. The van der Waals surface area contributed by atoms with Gasteiger partial charge in [0, 0.05) is 21.2 Å². The lowest BCUT2D eigenvalue weighted by Gasteiger charge is -2.05. The molecule has 1 aromatic heterocycles. The fraction of sp³-hybridized carbons (Fsp3) is 0. The van der Waals surface area contributed by atoms with Crippen LogP contribution < -0.4 is 4.74 Å². The second-order valence-electron chi connectivity index (χ2n) is 3.01. The van der Waals surface area contributed by atoms with Crippen LogP contribution in [0, 0.1) is 0 Å². The third-order valence-electron chi connectivity index (χ3n) is 1.83. The summed E-state index contributed by atoms with van der Waals surface area (Å²) in [7, 11) is 0. The van der Waals surface area contributed by atoms with E-state index in [1.807, 2.05) is 12.1 Å². The minimum atomic E-state index is -0.383. The molecular formula is C11H6Br2NO2. The topological polar surface area (TPSA) is 42.0 Å². The summed E-state index contributed by atoms with van der Waals surface area (Å²) in [4.78, 5) is 3.66. The Morgan fingerprint density at radius 3 is 2.44 bits per heavy atom. The summed E-state index contributed by atoms with van der Waals surface area (Å²) in [6, 6.07) is 8.81. The molecule has 0 bridgehead atoms. The molecule has 0 saturated heterocycles. The highest BCUT2D eigenvalue weighted by atomic mass is 79.9. The Labute approximate surface area is 109 Å². The number of hydrogen-bond donors (Lipinski definition) is 0. The molecule has 2 rings (SSSR count). The molecule has 0 fully saturated rings. The molecule has 81 valence electrons. The fourth-order valence-electron chi connectivity index (χ4n) is 1.11. The average Bonchev–Trinajstić information content (AvgIpc) is 2.27. The van der Waals surface area contributed by atoms with E-state index in [1.54, 1.807) is 18.2 Å². The first kappa shape index (κ1) is 11.4. The van der Waals surface area contributed by atoms with Crippen LogP contribution in [0.2, 0.25) is 0 Å². The van der Waals surface area contributed by atoms with Gasteiger partial charge in [0.15, 0.2) is 5.75 Å². The van der Waals surface area contributed by atoms with Crippen LogP contribution in [-0.4, -0.2) is 4.98 Å². The molecule has 0 aliphatic carbocycles. The normalized spacial score (nSPS) is 10.1. The molecule has 2 aromatic rings. The van der Waals surface area contributed by atoms with Crippen molar-refractivity contribution in [3.63, 3.8) is 0 Å². The van der Waals surface area contributed by atoms with E-state index in [1.165, 1.54) is 6.20 Å². The van der Waals surface area contributed by atoms with Crippen LogP contribution in [0.5, 0.6) is 17.4 Å². The molecule has 0 amide bonds. The first-order valence-corrected chi connectivity index (χ1v) is 6.00. The summed E-state index contributed by atoms with van der Waals surface area (Å²) < 4.78 is 7.08. The molecule has 3 nitrogen and oxygen atoms in total. The van der Waals surface area contributed by atoms with Crippen LogP contribution in [0.1, 0.15) is 0 Å². The fourth-order valence-corrected chi connectivity index (χ4v) is 1.69. The zero-order valence-electron chi connectivity index (χ0n) is 7.98. The van der Waals surface area contributed by atoms with Gasteiger partial charge in [0.05, 0.1) is 0 Å². The quantitative estimate of drug-likeness (QED) is 0.803. The van der Waals surface area contributed by atoms with Crippen LogP contribution in [0.15, 0.2) is 45.5 Å². The minimum Gasteiger partial charge on any atom is -0.451 e. The van der Waals surface area contributed by atoms with E-state index in [9.17, 15) is 5.11 Å². The summed E-state index contributed by atoms with van der Waals surface area (Å²) in [6.45, 7) is 0. The molecule has 5 heteroatoms. The Hall–Kier alpha value is -1.07. The van der Waals surface area contributed by atoms with Crippen LogP contribution in [0.25, 0.3) is 0 Å². The number of benzene rings is 1. The molecule has 0 unspecified atom stereocenters. The van der Waals surface area contributed by atoms with E-state index in [0.29, 0.717) is 10.2 Å². The number of hydrogen-bond acceptors (Lipinski definition) is 2. The van der Waals surface area contributed by atoms with Crippen LogP contribution in [-0.2, 0) is 5.11 Å². The van der Waals surface area contributed by atoms with Crippen LogP contribution in [0.3, 0.4) is 0 Å². The van der Waals surface area contributed by atoms with E-state index in [0.717, 1.165) is 4.47 Å². The van der Waals surface area contributed by atoms with Gasteiger partial charge in [0.2, 0.25) is 0 Å². The number of halogens is 2. The SMILES string of the molecule is [O]c1ncc(Br)cc1Oc1ccc(Br)cc1. The van der Waals surface area contributed by atoms with Gasteiger partial charge in [0.25, 0.3) is 0 Å². The van der Waals surface area contributed by atoms with Gasteiger partial charge in [-0.3, -0.25) is 5.11 Å². The van der Waals surface area contributed by atoms with Crippen LogP contribution >= 0.6 is 31.9 Å². The zero-order valence-corrected chi connectivity index (χ0v) is 11.2. The Bertz CT molecular complexity index is 500. The Morgan fingerprint density at radius 2 is 1.75 bits per heavy atom. The summed E-state index contributed by atoms with van der Waals surface area (Å²) in [5.74, 6) is 0.419. The average molecular weight is 344 g/mol. The second-order valence-corrected chi connectivity index (χ2v) is 4.84. The van der Waals surface area contributed by atoms with Gasteiger partial charge in [-0.25, -0.2) is 4.98 Å². The summed E-state index contributed by atoms with van der Waals surface area (Å²) >= 11 is 6.55. The molecule has 0 N–H and O–H groups in total. The maximum absolute atomic E-state index is 11.4. The molecule has 0 aliphatic heterocycles. The van der Waals surface area contributed by atoms with Crippen molar-refractivity contribution in [2.75, 3.05) is 0 Å². The molecule has 0 atom stereocenters. The summed E-state index contributed by atoms with van der Waals surface area (Å²) in [6.07, 6.45) is 1.44. The third-order valence-corrected chi connectivity index (χ3v) is 2.79. The van der Waals surface area contributed by atoms with Gasteiger partial charge in [-0.05, 0) is 40.2 Å². The van der Waals surface area contributed by atoms with Crippen molar-refractivity contribution in [3.8, 4) is 17.4 Å². The van der Waals surface area contributed by atoms with E-state index in [4.69, 9.17) is 4.74 Å². The smallest absolute Gasteiger partial charge is 0.312 e. The van der Waals surface area contributed by atoms with Gasteiger partial charge >= 0.3 is 5.88 Å². The Balaban J connectivity index is 2.26. The van der Waals surface area contributed by atoms with Crippen molar-refractivity contribution in [3.05, 3.63) is 45.5 Å². The van der Waals surface area contributed by atoms with Gasteiger partial charge < -0.3 is 4.74 Å². The highest BCUT2D eigenvalue weighted by Gasteiger charge is 2.07. The summed E-state index contributed by atoms with van der Waals surface area (Å²) in [5, 5.41) is 11.4. The number of rotatable bonds is 2. The van der Waals surface area contributed by atoms with Crippen LogP contribution in [0.4, 0.5) is 0 Å². The van der Waals surface area contributed by atoms with Crippen molar-refractivity contribution < 1.29 is 9.84 Å². The first-order chi connectivity index (χ1) is 7.65. The lowest BCUT2D eigenvalue weighted by molar-refractivity contribution is 0.312. The molecule has 1 radical (unpaired) electrons. The predicted molar refractivity (Wildman–Crippen MR) is 66.3 cm³/mol. The second kappa shape index (κ2) is 4.84. The standard InChI is InChI=1S/C11H6Br2NO2/c12-7-1-3-9(4-2-7)16-10-5-8(13)6-14-11(10)15/h1-6H. The van der Waals surface area contributed by atoms with E-state index in [-0.39, 0.29) is 11.6 Å².